The highest BCUT2D eigenvalue weighted by molar-refractivity contribution is 9.10. The Morgan fingerprint density at radius 3 is 2.94 bits per heavy atom. The van der Waals surface area contributed by atoms with E-state index in [1.54, 1.807) is 18.0 Å². The zero-order valence-corrected chi connectivity index (χ0v) is 11.9. The first-order valence-corrected chi connectivity index (χ1v) is 6.96. The summed E-state index contributed by atoms with van der Waals surface area (Å²) >= 11 is 10.8. The Balaban J connectivity index is 2.05. The average molecular weight is 331 g/mol. The number of nitrogens with zero attached hydrogens (tertiary/aromatic N) is 2. The van der Waals surface area contributed by atoms with Crippen LogP contribution in [-0.2, 0) is 5.75 Å². The molecule has 0 aliphatic heterocycles. The second-order valence-corrected chi connectivity index (χ2v) is 5.60. The molecule has 0 radical (unpaired) electrons. The largest absolute Gasteiger partial charge is 0.383 e. The smallest absolute Gasteiger partial charge is 0.141 e. The molecule has 2 rings (SSSR count). The van der Waals surface area contributed by atoms with E-state index >= 15 is 0 Å². The van der Waals surface area contributed by atoms with Crippen LogP contribution in [0.4, 0.5) is 5.82 Å². The van der Waals surface area contributed by atoms with Crippen molar-refractivity contribution in [3.8, 4) is 0 Å². The molecule has 0 spiro atoms. The highest BCUT2D eigenvalue weighted by atomic mass is 79.9. The summed E-state index contributed by atoms with van der Waals surface area (Å²) in [4.78, 5) is 9.45. The molecule has 0 unspecified atom stereocenters. The molecule has 0 amide bonds. The van der Waals surface area contributed by atoms with Gasteiger partial charge < -0.3 is 5.73 Å². The molecule has 2 N–H and O–H groups in total. The van der Waals surface area contributed by atoms with Crippen molar-refractivity contribution in [3.05, 3.63) is 45.8 Å². The van der Waals surface area contributed by atoms with E-state index in [-0.39, 0.29) is 0 Å². The normalized spacial score (nSPS) is 10.5. The van der Waals surface area contributed by atoms with Crippen LogP contribution in [0.2, 0.25) is 5.02 Å². The number of anilines is 1. The molecule has 88 valence electrons. The van der Waals surface area contributed by atoms with Gasteiger partial charge in [-0.3, -0.25) is 0 Å². The zero-order chi connectivity index (χ0) is 12.3. The Labute approximate surface area is 117 Å². The molecule has 3 nitrogen and oxygen atoms in total. The van der Waals surface area contributed by atoms with E-state index in [2.05, 4.69) is 25.9 Å². The van der Waals surface area contributed by atoms with Crippen molar-refractivity contribution in [2.24, 2.45) is 0 Å². The second-order valence-electron chi connectivity index (χ2n) is 3.27. The molecule has 0 fully saturated rings. The molecule has 0 saturated heterocycles. The highest BCUT2D eigenvalue weighted by Crippen LogP contribution is 2.25. The number of hydrogen-bond acceptors (Lipinski definition) is 4. The fraction of sp³-hybridized carbons (Fsp3) is 0.0909. The van der Waals surface area contributed by atoms with E-state index in [9.17, 15) is 0 Å². The van der Waals surface area contributed by atoms with Gasteiger partial charge in [-0.25, -0.2) is 9.97 Å². The lowest BCUT2D eigenvalue weighted by Gasteiger charge is -2.03. The van der Waals surface area contributed by atoms with E-state index in [1.807, 2.05) is 24.3 Å². The first-order valence-electron chi connectivity index (χ1n) is 4.80. The number of hydrogen-bond donors (Lipinski definition) is 1. The number of benzene rings is 1. The van der Waals surface area contributed by atoms with Crippen molar-refractivity contribution < 1.29 is 0 Å². The maximum atomic E-state index is 5.90. The molecule has 0 aliphatic carbocycles. The third-order valence-electron chi connectivity index (χ3n) is 1.99. The first-order chi connectivity index (χ1) is 8.15. The van der Waals surface area contributed by atoms with Gasteiger partial charge >= 0.3 is 0 Å². The SMILES string of the molecule is Nc1nc(CSc2cccc(Cl)c2)ncc1Br. The molecule has 0 saturated carbocycles. The Kier molecular flexibility index (Phi) is 4.25. The van der Waals surface area contributed by atoms with Crippen LogP contribution in [0.15, 0.2) is 39.8 Å². The van der Waals surface area contributed by atoms with Crippen LogP contribution >= 0.6 is 39.3 Å². The maximum Gasteiger partial charge on any atom is 0.141 e. The van der Waals surface area contributed by atoms with Crippen LogP contribution in [0.3, 0.4) is 0 Å². The molecule has 2 aromatic rings. The zero-order valence-electron chi connectivity index (χ0n) is 8.73. The van der Waals surface area contributed by atoms with Gasteiger partial charge in [0, 0.05) is 16.1 Å². The maximum absolute atomic E-state index is 5.90. The summed E-state index contributed by atoms with van der Waals surface area (Å²) in [6.45, 7) is 0. The third-order valence-corrected chi connectivity index (χ3v) is 3.82. The van der Waals surface area contributed by atoms with Gasteiger partial charge in [0.25, 0.3) is 0 Å². The molecule has 0 aliphatic rings. The number of nitrogens with two attached hydrogens (primary N) is 1. The fourth-order valence-electron chi connectivity index (χ4n) is 1.19. The van der Waals surface area contributed by atoms with Gasteiger partial charge in [0.05, 0.1) is 10.2 Å². The molecule has 17 heavy (non-hydrogen) atoms. The molecule has 1 heterocycles. The predicted molar refractivity (Wildman–Crippen MR) is 75.2 cm³/mol. The van der Waals surface area contributed by atoms with Crippen molar-refractivity contribution in [2.45, 2.75) is 10.6 Å². The molecule has 1 aromatic carbocycles. The fourth-order valence-corrected chi connectivity index (χ4v) is 2.46. The summed E-state index contributed by atoms with van der Waals surface area (Å²) in [7, 11) is 0. The lowest BCUT2D eigenvalue weighted by atomic mass is 10.4. The van der Waals surface area contributed by atoms with Crippen LogP contribution in [0.5, 0.6) is 0 Å². The predicted octanol–water partition coefficient (Wildman–Crippen LogP) is 3.77. The molecule has 6 heteroatoms. The summed E-state index contributed by atoms with van der Waals surface area (Å²) in [6, 6.07) is 7.67. The standard InChI is InChI=1S/C11H9BrClN3S/c12-9-5-15-10(16-11(9)14)6-17-8-3-1-2-7(13)4-8/h1-5H,6H2,(H2,14,15,16). The molecule has 0 bridgehead atoms. The van der Waals surface area contributed by atoms with Crippen LogP contribution in [0.25, 0.3) is 0 Å². The van der Waals surface area contributed by atoms with E-state index in [1.165, 1.54) is 0 Å². The van der Waals surface area contributed by atoms with E-state index < -0.39 is 0 Å². The monoisotopic (exact) mass is 329 g/mol. The summed E-state index contributed by atoms with van der Waals surface area (Å²) in [5.74, 6) is 1.83. The number of halogens is 2. The number of thioether (sulfide) groups is 1. The first kappa shape index (κ1) is 12.7. The van der Waals surface area contributed by atoms with E-state index in [0.717, 1.165) is 9.92 Å². The number of nitrogen functional groups attached to an aromatic ring is 1. The molecule has 1 aromatic heterocycles. The quantitative estimate of drug-likeness (QED) is 0.870. The van der Waals surface area contributed by atoms with Crippen molar-refractivity contribution in [1.29, 1.82) is 0 Å². The topological polar surface area (TPSA) is 51.8 Å². The minimum Gasteiger partial charge on any atom is -0.383 e. The molecule has 0 atom stereocenters. The Bertz CT molecular complexity index is 536. The van der Waals surface area contributed by atoms with E-state index in [4.69, 9.17) is 17.3 Å². The second kappa shape index (κ2) is 5.71. The van der Waals surface area contributed by atoms with Crippen LogP contribution in [0.1, 0.15) is 5.82 Å². The lowest BCUT2D eigenvalue weighted by molar-refractivity contribution is 1.03. The van der Waals surface area contributed by atoms with Gasteiger partial charge in [-0.2, -0.15) is 0 Å². The van der Waals surface area contributed by atoms with Crippen LogP contribution in [-0.4, -0.2) is 9.97 Å². The van der Waals surface area contributed by atoms with Gasteiger partial charge in [-0.1, -0.05) is 17.7 Å². The van der Waals surface area contributed by atoms with Gasteiger partial charge in [-0.05, 0) is 34.1 Å². The van der Waals surface area contributed by atoms with Crippen molar-refractivity contribution in [2.75, 3.05) is 5.73 Å². The summed E-state index contributed by atoms with van der Waals surface area (Å²) in [5.41, 5.74) is 5.69. The molecular weight excluding hydrogens is 322 g/mol. The van der Waals surface area contributed by atoms with Gasteiger partial charge in [0.1, 0.15) is 11.6 Å². The number of aromatic nitrogens is 2. The van der Waals surface area contributed by atoms with Crippen molar-refractivity contribution in [3.63, 3.8) is 0 Å². The lowest BCUT2D eigenvalue weighted by Crippen LogP contribution is -1.98. The Hall–Kier alpha value is -0.780. The van der Waals surface area contributed by atoms with Crippen LogP contribution < -0.4 is 5.73 Å². The average Bonchev–Trinajstić information content (AvgIpc) is 2.31. The Morgan fingerprint density at radius 2 is 2.24 bits per heavy atom. The summed E-state index contributed by atoms with van der Waals surface area (Å²) in [6.07, 6.45) is 1.66. The highest BCUT2D eigenvalue weighted by Gasteiger charge is 2.03. The minimum atomic E-state index is 0.460. The van der Waals surface area contributed by atoms with Crippen LogP contribution in [0, 0.1) is 0 Å². The molecular formula is C11H9BrClN3S. The number of rotatable bonds is 3. The van der Waals surface area contributed by atoms with E-state index in [0.29, 0.717) is 21.9 Å². The van der Waals surface area contributed by atoms with Gasteiger partial charge in [-0.15, -0.1) is 11.8 Å². The van der Waals surface area contributed by atoms with Gasteiger partial charge in [0.2, 0.25) is 0 Å². The van der Waals surface area contributed by atoms with Gasteiger partial charge in [0.15, 0.2) is 0 Å². The summed E-state index contributed by atoms with van der Waals surface area (Å²) in [5, 5.41) is 0.728. The minimum absolute atomic E-state index is 0.460. The van der Waals surface area contributed by atoms with Crippen molar-refractivity contribution >= 4 is 45.1 Å². The van der Waals surface area contributed by atoms with Crippen molar-refractivity contribution in [1.82, 2.24) is 9.97 Å². The summed E-state index contributed by atoms with van der Waals surface area (Å²) < 4.78 is 0.717. The third kappa shape index (κ3) is 3.59. The Morgan fingerprint density at radius 1 is 1.41 bits per heavy atom.